The van der Waals surface area contributed by atoms with Crippen molar-refractivity contribution in [2.75, 3.05) is 7.11 Å². The maximum atomic E-state index is 12.9. The molecule has 0 aliphatic carbocycles. The molecule has 12 heteroatoms. The number of pyridine rings is 1. The van der Waals surface area contributed by atoms with Gasteiger partial charge in [0.2, 0.25) is 0 Å². The predicted octanol–water partition coefficient (Wildman–Crippen LogP) is 4.61. The monoisotopic (exact) mass is 706 g/mol. The minimum Gasteiger partial charge on any atom is -0.457 e. The fourth-order valence-electron chi connectivity index (χ4n) is 6.41. The molecular weight excluding hydrogens is 652 g/mol. The SMILES string of the molecule is CC[C@H](OC)[C@@H](C)[C@H]1O[C@@H]1C(NCc1ccc(Cl)nc1)C(C)(O)C=CC=C(C)C1OC(=O)C[C@H](O)CC[C@@](C)(O)[C@@H](OC(C)=O)C=C[C@@H]1C. The topological polar surface area (TPSA) is 160 Å². The average molecular weight is 707 g/mol. The van der Waals surface area contributed by atoms with Gasteiger partial charge < -0.3 is 39.6 Å². The van der Waals surface area contributed by atoms with E-state index in [4.69, 9.17) is 30.5 Å². The number of allylic oxidation sites excluding steroid dienone is 2. The quantitative estimate of drug-likeness (QED) is 0.0746. The molecule has 4 N–H and O–H groups in total. The zero-order valence-electron chi connectivity index (χ0n) is 30.0. The second kappa shape index (κ2) is 18.0. The number of hydrogen-bond donors (Lipinski definition) is 4. The number of halogens is 1. The normalized spacial score (nSPS) is 31.5. The van der Waals surface area contributed by atoms with Crippen LogP contribution in [0.15, 0.2) is 54.3 Å². The van der Waals surface area contributed by atoms with Crippen molar-refractivity contribution in [1.29, 1.82) is 0 Å². The van der Waals surface area contributed by atoms with Crippen LogP contribution in [0, 0.1) is 11.8 Å². The van der Waals surface area contributed by atoms with Crippen LogP contribution in [-0.4, -0.2) is 93.2 Å². The van der Waals surface area contributed by atoms with E-state index in [-0.39, 0.29) is 43.5 Å². The molecule has 1 fully saturated rings. The van der Waals surface area contributed by atoms with E-state index >= 15 is 0 Å². The van der Waals surface area contributed by atoms with Gasteiger partial charge in [0.1, 0.15) is 29.1 Å². The molecule has 11 nitrogen and oxygen atoms in total. The molecule has 3 heterocycles. The molecule has 2 aliphatic heterocycles. The number of nitrogens with zero attached hydrogens (tertiary/aromatic N) is 1. The number of aliphatic hydroxyl groups excluding tert-OH is 1. The molecule has 2 aliphatic rings. The van der Waals surface area contributed by atoms with Gasteiger partial charge in [0.15, 0.2) is 0 Å². The molecule has 11 atom stereocenters. The van der Waals surface area contributed by atoms with Gasteiger partial charge in [0.05, 0.1) is 36.4 Å². The van der Waals surface area contributed by atoms with Gasteiger partial charge in [-0.05, 0) is 63.3 Å². The number of hydrogen-bond acceptors (Lipinski definition) is 11. The van der Waals surface area contributed by atoms with E-state index in [1.807, 2.05) is 19.9 Å². The zero-order chi connectivity index (χ0) is 36.5. The summed E-state index contributed by atoms with van der Waals surface area (Å²) in [5.74, 6) is -1.41. The van der Waals surface area contributed by atoms with Gasteiger partial charge in [-0.25, -0.2) is 4.98 Å². The Morgan fingerprint density at radius 3 is 2.61 bits per heavy atom. The van der Waals surface area contributed by atoms with E-state index in [1.165, 1.54) is 13.8 Å². The smallest absolute Gasteiger partial charge is 0.309 e. The van der Waals surface area contributed by atoms with Gasteiger partial charge in [-0.15, -0.1) is 0 Å². The molecule has 0 spiro atoms. The van der Waals surface area contributed by atoms with Crippen LogP contribution in [0.4, 0.5) is 0 Å². The van der Waals surface area contributed by atoms with Gasteiger partial charge >= 0.3 is 11.9 Å². The van der Waals surface area contributed by atoms with Gasteiger partial charge in [0, 0.05) is 38.6 Å². The van der Waals surface area contributed by atoms with Crippen LogP contribution in [0.1, 0.15) is 79.7 Å². The van der Waals surface area contributed by atoms with Crippen molar-refractivity contribution in [3.8, 4) is 0 Å². The second-order valence-corrected chi connectivity index (χ2v) is 14.3. The first-order chi connectivity index (χ1) is 23.0. The number of carbonyl (C=O) groups is 2. The van der Waals surface area contributed by atoms with Crippen molar-refractivity contribution in [2.45, 2.75) is 135 Å². The molecule has 1 aromatic rings. The Morgan fingerprint density at radius 2 is 2.00 bits per heavy atom. The van der Waals surface area contributed by atoms with Gasteiger partial charge in [0.25, 0.3) is 0 Å². The van der Waals surface area contributed by atoms with E-state index in [2.05, 4.69) is 24.1 Å². The Kier molecular flexibility index (Phi) is 15.0. The molecule has 3 unspecified atom stereocenters. The summed E-state index contributed by atoms with van der Waals surface area (Å²) >= 11 is 5.97. The summed E-state index contributed by atoms with van der Waals surface area (Å²) in [7, 11) is 1.69. The van der Waals surface area contributed by atoms with E-state index in [1.54, 1.807) is 56.7 Å². The van der Waals surface area contributed by atoms with E-state index in [0.717, 1.165) is 12.0 Å². The summed E-state index contributed by atoms with van der Waals surface area (Å²) in [5, 5.41) is 37.3. The van der Waals surface area contributed by atoms with Gasteiger partial charge in [-0.1, -0.05) is 62.7 Å². The minimum atomic E-state index is -1.46. The lowest BCUT2D eigenvalue weighted by atomic mass is 9.87. The van der Waals surface area contributed by atoms with Crippen LogP contribution in [-0.2, 0) is 35.1 Å². The lowest BCUT2D eigenvalue weighted by molar-refractivity contribution is -0.157. The first kappa shape index (κ1) is 40.8. The highest BCUT2D eigenvalue weighted by molar-refractivity contribution is 6.29. The fraction of sp³-hybridized carbons (Fsp3) is 0.649. The number of esters is 2. The molecule has 49 heavy (non-hydrogen) atoms. The summed E-state index contributed by atoms with van der Waals surface area (Å²) in [4.78, 5) is 28.8. The fourth-order valence-corrected chi connectivity index (χ4v) is 6.52. The van der Waals surface area contributed by atoms with Crippen molar-refractivity contribution in [1.82, 2.24) is 10.3 Å². The third-order valence-corrected chi connectivity index (χ3v) is 9.73. The Balaban J connectivity index is 1.87. The largest absolute Gasteiger partial charge is 0.457 e. The van der Waals surface area contributed by atoms with Crippen LogP contribution in [0.3, 0.4) is 0 Å². The number of ether oxygens (including phenoxy) is 4. The summed E-state index contributed by atoms with van der Waals surface area (Å²) in [6.45, 7) is 12.8. The molecule has 1 aromatic heterocycles. The first-order valence-corrected chi connectivity index (χ1v) is 17.4. The predicted molar refractivity (Wildman–Crippen MR) is 187 cm³/mol. The van der Waals surface area contributed by atoms with Crippen LogP contribution in [0.25, 0.3) is 0 Å². The lowest BCUT2D eigenvalue weighted by Crippen LogP contribution is -2.52. The number of carbonyl (C=O) groups excluding carboxylic acids is 2. The van der Waals surface area contributed by atoms with Gasteiger partial charge in [-0.2, -0.15) is 0 Å². The summed E-state index contributed by atoms with van der Waals surface area (Å²) < 4.78 is 23.1. The molecule has 0 radical (unpaired) electrons. The van der Waals surface area contributed by atoms with Crippen molar-refractivity contribution >= 4 is 23.5 Å². The Hall–Kier alpha value is -2.64. The molecule has 0 bridgehead atoms. The van der Waals surface area contributed by atoms with Gasteiger partial charge in [-0.3, -0.25) is 9.59 Å². The van der Waals surface area contributed by atoms with Crippen LogP contribution < -0.4 is 5.32 Å². The Bertz CT molecular complexity index is 1330. The summed E-state index contributed by atoms with van der Waals surface area (Å²) in [5.41, 5.74) is -1.26. The molecule has 3 rings (SSSR count). The van der Waals surface area contributed by atoms with Crippen LogP contribution in [0.2, 0.25) is 5.15 Å². The van der Waals surface area contributed by atoms with Crippen molar-refractivity contribution in [3.63, 3.8) is 0 Å². The number of aliphatic hydroxyl groups is 3. The second-order valence-electron chi connectivity index (χ2n) is 13.9. The number of methoxy groups -OCH3 is 1. The third-order valence-electron chi connectivity index (χ3n) is 9.50. The lowest BCUT2D eigenvalue weighted by Gasteiger charge is -2.32. The highest BCUT2D eigenvalue weighted by Gasteiger charge is 2.54. The maximum Gasteiger partial charge on any atom is 0.309 e. The number of aromatic nitrogens is 1. The Morgan fingerprint density at radius 1 is 1.29 bits per heavy atom. The Labute approximate surface area is 295 Å². The van der Waals surface area contributed by atoms with E-state index < -0.39 is 53.4 Å². The minimum absolute atomic E-state index is 0.0171. The molecule has 0 aromatic carbocycles. The van der Waals surface area contributed by atoms with Crippen molar-refractivity contribution in [3.05, 3.63) is 65.0 Å². The number of rotatable bonds is 13. The van der Waals surface area contributed by atoms with E-state index in [9.17, 15) is 24.9 Å². The van der Waals surface area contributed by atoms with Crippen LogP contribution >= 0.6 is 11.6 Å². The highest BCUT2D eigenvalue weighted by atomic mass is 35.5. The molecule has 0 amide bonds. The van der Waals surface area contributed by atoms with Crippen LogP contribution in [0.5, 0.6) is 0 Å². The van der Waals surface area contributed by atoms with Crippen molar-refractivity contribution < 1.29 is 43.9 Å². The maximum absolute atomic E-state index is 12.9. The molecule has 0 saturated carbocycles. The molecule has 1 saturated heterocycles. The van der Waals surface area contributed by atoms with E-state index in [0.29, 0.717) is 17.3 Å². The highest BCUT2D eigenvalue weighted by Crippen LogP contribution is 2.39. The number of nitrogens with one attached hydrogen (secondary N) is 1. The summed E-state index contributed by atoms with van der Waals surface area (Å²) in [6, 6.07) is 3.09. The number of epoxide rings is 1. The standard InChI is InChI=1S/C37H55ClN2O9/c1-9-28(46-8)24(4)33-34(49-33)35(40-21-26-13-15-30(38)39-20-26)37(7,45)17-10-11-22(2)32-23(3)12-14-29(47-25(5)41)36(6,44)18-16-27(42)19-31(43)48-32/h10-15,17,20,23-24,27-29,32-35,40,42,44-45H,9,16,18-19,21H2,1-8H3/t23-,24+,27+,28-,29-,32?,33+,34-,35?,36+,37?/m0/s1. The number of cyclic esters (lactones) is 1. The summed E-state index contributed by atoms with van der Waals surface area (Å²) in [6.07, 6.45) is 7.88. The third kappa shape index (κ3) is 12.0. The van der Waals surface area contributed by atoms with Crippen molar-refractivity contribution in [2.24, 2.45) is 11.8 Å². The first-order valence-electron chi connectivity index (χ1n) is 17.0. The molecular formula is C37H55ClN2O9. The average Bonchev–Trinajstić information content (AvgIpc) is 3.81. The molecule has 274 valence electrons. The zero-order valence-corrected chi connectivity index (χ0v) is 30.7.